The highest BCUT2D eigenvalue weighted by Crippen LogP contribution is 2.44. The van der Waals surface area contributed by atoms with Gasteiger partial charge in [-0.3, -0.25) is 38.4 Å². The summed E-state index contributed by atoms with van der Waals surface area (Å²) in [5.41, 5.74) is 1.06. The van der Waals surface area contributed by atoms with Crippen LogP contribution in [-0.2, 0) is 52.5 Å². The third-order valence-corrected chi connectivity index (χ3v) is 8.48. The number of fused-ring (bicyclic) bond motifs is 1. The summed E-state index contributed by atoms with van der Waals surface area (Å²) in [5.74, 6) is -5.20. The number of rotatable bonds is 13. The Hall–Kier alpha value is -6.88. The summed E-state index contributed by atoms with van der Waals surface area (Å²) in [6, 6.07) is 15.1. The van der Waals surface area contributed by atoms with E-state index >= 15 is 0 Å². The van der Waals surface area contributed by atoms with Gasteiger partial charge in [-0.25, -0.2) is 0 Å². The van der Waals surface area contributed by atoms with Gasteiger partial charge in [0.2, 0.25) is 12.4 Å². The molecule has 0 amide bonds. The van der Waals surface area contributed by atoms with Crippen molar-refractivity contribution in [3.8, 4) is 28.7 Å². The number of Topliss-reactive ketones (excluding diaryl/α,β-unsaturated/α-hetero) is 1. The zero-order chi connectivity index (χ0) is 43.0. The maximum atomic E-state index is 13.6. The molecule has 1 saturated heterocycles. The molecule has 59 heavy (non-hydrogen) atoms. The van der Waals surface area contributed by atoms with Crippen molar-refractivity contribution in [1.82, 2.24) is 0 Å². The summed E-state index contributed by atoms with van der Waals surface area (Å²) < 4.78 is 50.8. The van der Waals surface area contributed by atoms with Crippen LogP contribution in [0.3, 0.4) is 0 Å². The van der Waals surface area contributed by atoms with Crippen molar-refractivity contribution in [3.05, 3.63) is 83.4 Å². The molecule has 0 radical (unpaired) electrons. The van der Waals surface area contributed by atoms with Gasteiger partial charge in [-0.05, 0) is 41.5 Å². The first kappa shape index (κ1) is 43.2. The standard InChI is InChI=1S/C42H40O17/c1-21(43)51-30-13-8-27(9-14-30)7-12-29(49)17-37-39(54-24(4)46)40(55-25(5)47)41(56-26(6)48)42(59-37)57-32-18-35(53-23(3)45)38-33(50)20-34(58-36(38)19-32)28-10-15-31(16-11-28)52-22(2)44/h7-16,18-19,34,37,39-42H,17,20H2,1-6H3/b12-7+/t34-,37?,39?,40?,41?,42?/m1/s1. The number of ketones is 2. The van der Waals surface area contributed by atoms with E-state index < -0.39 is 90.6 Å². The van der Waals surface area contributed by atoms with Crippen molar-refractivity contribution in [1.29, 1.82) is 0 Å². The van der Waals surface area contributed by atoms with Crippen molar-refractivity contribution >= 4 is 53.5 Å². The first-order chi connectivity index (χ1) is 27.9. The van der Waals surface area contributed by atoms with E-state index in [1.807, 2.05) is 0 Å². The van der Waals surface area contributed by atoms with Gasteiger partial charge in [-0.2, -0.15) is 0 Å². The second-order valence-corrected chi connectivity index (χ2v) is 13.3. The van der Waals surface area contributed by atoms with Crippen molar-refractivity contribution in [2.45, 2.75) is 91.2 Å². The Morgan fingerprint density at radius 1 is 0.644 bits per heavy atom. The van der Waals surface area contributed by atoms with E-state index in [2.05, 4.69) is 0 Å². The highest BCUT2D eigenvalue weighted by molar-refractivity contribution is 6.03. The van der Waals surface area contributed by atoms with Crippen molar-refractivity contribution < 1.29 is 81.0 Å². The topological polar surface area (TPSA) is 220 Å². The highest BCUT2D eigenvalue weighted by Gasteiger charge is 2.53. The van der Waals surface area contributed by atoms with E-state index in [0.29, 0.717) is 16.9 Å². The molecule has 2 heterocycles. The van der Waals surface area contributed by atoms with Gasteiger partial charge in [0.05, 0.1) is 6.42 Å². The van der Waals surface area contributed by atoms with Crippen LogP contribution < -0.4 is 23.7 Å². The molecule has 17 nitrogen and oxygen atoms in total. The monoisotopic (exact) mass is 816 g/mol. The van der Waals surface area contributed by atoms with E-state index in [1.54, 1.807) is 24.3 Å². The van der Waals surface area contributed by atoms with E-state index in [4.69, 9.17) is 42.6 Å². The van der Waals surface area contributed by atoms with Gasteiger partial charge in [0.25, 0.3) is 0 Å². The number of ether oxygens (including phenoxy) is 9. The second kappa shape index (κ2) is 19.0. The first-order valence-electron chi connectivity index (χ1n) is 18.1. The molecule has 0 aromatic heterocycles. The number of benzene rings is 3. The van der Waals surface area contributed by atoms with Crippen LogP contribution in [0.5, 0.6) is 28.7 Å². The molecule has 0 N–H and O–H groups in total. The van der Waals surface area contributed by atoms with E-state index in [0.717, 1.165) is 27.7 Å². The van der Waals surface area contributed by atoms with Crippen LogP contribution in [0.25, 0.3) is 6.08 Å². The molecule has 5 rings (SSSR count). The molecule has 310 valence electrons. The predicted molar refractivity (Wildman–Crippen MR) is 200 cm³/mol. The lowest BCUT2D eigenvalue weighted by Crippen LogP contribution is -2.62. The zero-order valence-corrected chi connectivity index (χ0v) is 32.7. The Morgan fingerprint density at radius 2 is 1.19 bits per heavy atom. The molecule has 2 aliphatic rings. The number of esters is 6. The minimum absolute atomic E-state index is 0.0593. The molecular formula is C42H40O17. The number of allylic oxidation sites excluding steroid dienone is 1. The zero-order valence-electron chi connectivity index (χ0n) is 32.7. The molecule has 0 bridgehead atoms. The van der Waals surface area contributed by atoms with Gasteiger partial charge in [0, 0.05) is 60.1 Å². The van der Waals surface area contributed by atoms with Crippen molar-refractivity contribution in [2.24, 2.45) is 0 Å². The lowest BCUT2D eigenvalue weighted by molar-refractivity contribution is -0.283. The number of hydrogen-bond donors (Lipinski definition) is 0. The molecule has 0 spiro atoms. The summed E-state index contributed by atoms with van der Waals surface area (Å²) in [6.07, 6.45) is -6.48. The maximum Gasteiger partial charge on any atom is 0.308 e. The van der Waals surface area contributed by atoms with Gasteiger partial charge < -0.3 is 42.6 Å². The fraction of sp³-hybridized carbons (Fsp3) is 0.333. The number of hydrogen-bond acceptors (Lipinski definition) is 17. The van der Waals surface area contributed by atoms with Crippen LogP contribution in [0.2, 0.25) is 0 Å². The van der Waals surface area contributed by atoms with Crippen molar-refractivity contribution in [3.63, 3.8) is 0 Å². The van der Waals surface area contributed by atoms with Crippen molar-refractivity contribution in [2.75, 3.05) is 0 Å². The molecule has 5 unspecified atom stereocenters. The van der Waals surface area contributed by atoms with Crippen LogP contribution >= 0.6 is 0 Å². The summed E-state index contributed by atoms with van der Waals surface area (Å²) >= 11 is 0. The average Bonchev–Trinajstić information content (AvgIpc) is 3.13. The van der Waals surface area contributed by atoms with E-state index in [9.17, 15) is 38.4 Å². The van der Waals surface area contributed by atoms with Crippen LogP contribution in [0.1, 0.15) is 82.0 Å². The van der Waals surface area contributed by atoms with Gasteiger partial charge in [-0.1, -0.05) is 30.3 Å². The second-order valence-electron chi connectivity index (χ2n) is 13.3. The normalized spacial score (nSPS) is 20.9. The smallest absolute Gasteiger partial charge is 0.308 e. The molecule has 3 aromatic carbocycles. The Labute approximate surface area is 337 Å². The number of carbonyl (C=O) groups excluding carboxylic acids is 8. The third-order valence-electron chi connectivity index (χ3n) is 8.48. The van der Waals surface area contributed by atoms with E-state index in [-0.39, 0.29) is 35.0 Å². The van der Waals surface area contributed by atoms with Gasteiger partial charge in [0.15, 0.2) is 23.8 Å². The van der Waals surface area contributed by atoms with Crippen LogP contribution in [0.15, 0.2) is 66.7 Å². The van der Waals surface area contributed by atoms with Gasteiger partial charge in [0.1, 0.15) is 46.5 Å². The quantitative estimate of drug-likeness (QED) is 0.0984. The van der Waals surface area contributed by atoms with Crippen LogP contribution in [-0.4, -0.2) is 78.1 Å². The Balaban J connectivity index is 1.49. The average molecular weight is 817 g/mol. The SMILES string of the molecule is CC(=O)Oc1ccc(/C=C/C(=O)CC2OC(Oc3cc(OC(C)=O)c4c(c3)O[C@@H](c3ccc(OC(C)=O)cc3)CC4=O)C(OC(C)=O)C(OC(C)=O)C2OC(C)=O)cc1. The predicted octanol–water partition coefficient (Wildman–Crippen LogP) is 4.74. The molecule has 2 aliphatic heterocycles. The van der Waals surface area contributed by atoms with Crippen LogP contribution in [0.4, 0.5) is 0 Å². The molecule has 17 heteroatoms. The fourth-order valence-electron chi connectivity index (χ4n) is 6.32. The largest absolute Gasteiger partial charge is 0.484 e. The minimum Gasteiger partial charge on any atom is -0.484 e. The first-order valence-corrected chi connectivity index (χ1v) is 18.1. The van der Waals surface area contributed by atoms with Gasteiger partial charge >= 0.3 is 35.8 Å². The van der Waals surface area contributed by atoms with E-state index in [1.165, 1.54) is 62.4 Å². The molecule has 0 saturated carbocycles. The molecule has 3 aromatic rings. The Bertz CT molecular complexity index is 2150. The fourth-order valence-corrected chi connectivity index (χ4v) is 6.32. The molecule has 0 aliphatic carbocycles. The summed E-state index contributed by atoms with van der Waals surface area (Å²) in [5, 5.41) is 0. The minimum atomic E-state index is -1.68. The van der Waals surface area contributed by atoms with Crippen LogP contribution in [0, 0.1) is 0 Å². The lowest BCUT2D eigenvalue weighted by Gasteiger charge is -2.44. The summed E-state index contributed by atoms with van der Waals surface area (Å²) in [4.78, 5) is 99.1. The molecular weight excluding hydrogens is 776 g/mol. The Kier molecular flexibility index (Phi) is 14.0. The molecule has 6 atom stereocenters. The van der Waals surface area contributed by atoms with Gasteiger partial charge in [-0.15, -0.1) is 0 Å². The maximum absolute atomic E-state index is 13.6. The summed E-state index contributed by atoms with van der Waals surface area (Å²) in [6.45, 7) is 6.86. The highest BCUT2D eigenvalue weighted by atomic mass is 16.7. The third kappa shape index (κ3) is 11.8. The Morgan fingerprint density at radius 3 is 1.75 bits per heavy atom. The number of carbonyl (C=O) groups is 8. The lowest BCUT2D eigenvalue weighted by atomic mass is 9.94. The summed E-state index contributed by atoms with van der Waals surface area (Å²) in [7, 11) is 0. The molecule has 1 fully saturated rings.